The first-order chi connectivity index (χ1) is 7.13. The molecule has 0 radical (unpaired) electrons. The molecule has 1 heterocycles. The first-order valence-corrected chi connectivity index (χ1v) is 6.93. The van der Waals surface area contributed by atoms with Gasteiger partial charge in [0.1, 0.15) is 0 Å². The minimum Gasteiger partial charge on any atom is -0.313 e. The van der Waals surface area contributed by atoms with Crippen molar-refractivity contribution in [3.8, 4) is 0 Å². The van der Waals surface area contributed by atoms with Gasteiger partial charge in [-0.2, -0.15) is 5.10 Å². The summed E-state index contributed by atoms with van der Waals surface area (Å²) in [6.45, 7) is 5.57. The molecule has 0 aliphatic carbocycles. The van der Waals surface area contributed by atoms with Crippen molar-refractivity contribution in [1.29, 1.82) is 0 Å². The molecule has 1 aromatic heterocycles. The van der Waals surface area contributed by atoms with Gasteiger partial charge in [0, 0.05) is 23.7 Å². The number of halogens is 1. The van der Waals surface area contributed by atoms with Gasteiger partial charge in [-0.25, -0.2) is 0 Å². The molecule has 1 rings (SSSR count). The average molecular weight is 321 g/mol. The first kappa shape index (κ1) is 13.0. The van der Waals surface area contributed by atoms with E-state index in [1.807, 2.05) is 17.9 Å². The highest BCUT2D eigenvalue weighted by molar-refractivity contribution is 14.1. The summed E-state index contributed by atoms with van der Waals surface area (Å²) in [5.41, 5.74) is 1.31. The maximum absolute atomic E-state index is 4.16. The minimum atomic E-state index is 0.627. The number of hydrogen-bond donors (Lipinski definition) is 1. The van der Waals surface area contributed by atoms with Crippen LogP contribution in [-0.2, 0) is 13.5 Å². The zero-order valence-corrected chi connectivity index (χ0v) is 11.9. The SMILES string of the molecule is CC(C)C(CI)NCCc1cnn(C)c1. The fraction of sp³-hybridized carbons (Fsp3) is 0.727. The van der Waals surface area contributed by atoms with E-state index in [1.165, 1.54) is 9.99 Å². The van der Waals surface area contributed by atoms with Crippen LogP contribution in [0.3, 0.4) is 0 Å². The fourth-order valence-corrected chi connectivity index (χ4v) is 2.80. The molecule has 0 aliphatic heterocycles. The van der Waals surface area contributed by atoms with Crippen molar-refractivity contribution in [2.45, 2.75) is 26.3 Å². The average Bonchev–Trinajstić information content (AvgIpc) is 2.58. The molecule has 86 valence electrons. The Labute approximate surface area is 106 Å². The van der Waals surface area contributed by atoms with Crippen LogP contribution in [0.2, 0.25) is 0 Å². The van der Waals surface area contributed by atoms with Crippen LogP contribution in [0.25, 0.3) is 0 Å². The fourth-order valence-electron chi connectivity index (χ4n) is 1.47. The summed E-state index contributed by atoms with van der Waals surface area (Å²) in [6.07, 6.45) is 5.08. The maximum Gasteiger partial charge on any atom is 0.0522 e. The molecular weight excluding hydrogens is 301 g/mol. The van der Waals surface area contributed by atoms with Gasteiger partial charge >= 0.3 is 0 Å². The summed E-state index contributed by atoms with van der Waals surface area (Å²) in [4.78, 5) is 0. The highest BCUT2D eigenvalue weighted by Crippen LogP contribution is 2.05. The smallest absolute Gasteiger partial charge is 0.0522 e. The Hall–Kier alpha value is -0.100. The molecule has 0 fully saturated rings. The van der Waals surface area contributed by atoms with Gasteiger partial charge in [0.25, 0.3) is 0 Å². The lowest BCUT2D eigenvalue weighted by Gasteiger charge is -2.19. The van der Waals surface area contributed by atoms with Crippen LogP contribution in [0.5, 0.6) is 0 Å². The summed E-state index contributed by atoms with van der Waals surface area (Å²) in [5, 5.41) is 7.74. The predicted molar refractivity (Wildman–Crippen MR) is 72.4 cm³/mol. The molecule has 15 heavy (non-hydrogen) atoms. The topological polar surface area (TPSA) is 29.9 Å². The summed E-state index contributed by atoms with van der Waals surface area (Å²) in [6, 6.07) is 0.627. The highest BCUT2D eigenvalue weighted by atomic mass is 127. The lowest BCUT2D eigenvalue weighted by atomic mass is 10.1. The molecule has 0 aliphatic rings. The molecule has 0 bridgehead atoms. The van der Waals surface area contributed by atoms with Gasteiger partial charge in [0.15, 0.2) is 0 Å². The predicted octanol–water partition coefficient (Wildman–Crippen LogP) is 2.01. The molecule has 1 unspecified atom stereocenters. The van der Waals surface area contributed by atoms with Crippen LogP contribution >= 0.6 is 22.6 Å². The summed E-state index contributed by atoms with van der Waals surface area (Å²) in [7, 11) is 1.96. The van der Waals surface area contributed by atoms with Gasteiger partial charge in [-0.15, -0.1) is 0 Å². The molecule has 0 saturated carbocycles. The zero-order valence-electron chi connectivity index (χ0n) is 9.70. The molecular formula is C11H20IN3. The van der Waals surface area contributed by atoms with Crippen molar-refractivity contribution in [2.75, 3.05) is 11.0 Å². The molecule has 4 heteroatoms. The van der Waals surface area contributed by atoms with Gasteiger partial charge < -0.3 is 5.32 Å². The van der Waals surface area contributed by atoms with E-state index in [2.05, 4.69) is 53.1 Å². The normalized spacial score (nSPS) is 13.4. The third kappa shape index (κ3) is 4.51. The molecule has 0 aromatic carbocycles. The molecule has 1 atom stereocenters. The molecule has 0 saturated heterocycles. The second-order valence-electron chi connectivity index (χ2n) is 4.23. The van der Waals surface area contributed by atoms with Crippen LogP contribution in [0, 0.1) is 5.92 Å². The monoisotopic (exact) mass is 321 g/mol. The molecule has 3 nitrogen and oxygen atoms in total. The second kappa shape index (κ2) is 6.48. The van der Waals surface area contributed by atoms with Crippen LogP contribution in [-0.4, -0.2) is 26.8 Å². The Morgan fingerprint density at radius 3 is 2.73 bits per heavy atom. The van der Waals surface area contributed by atoms with Gasteiger partial charge in [0.05, 0.1) is 6.20 Å². The van der Waals surface area contributed by atoms with Crippen LogP contribution in [0.15, 0.2) is 12.4 Å². The van der Waals surface area contributed by atoms with Crippen molar-refractivity contribution in [1.82, 2.24) is 15.1 Å². The minimum absolute atomic E-state index is 0.627. The van der Waals surface area contributed by atoms with E-state index < -0.39 is 0 Å². The summed E-state index contributed by atoms with van der Waals surface area (Å²) in [5.74, 6) is 0.704. The van der Waals surface area contributed by atoms with Gasteiger partial charge in [-0.1, -0.05) is 36.4 Å². The van der Waals surface area contributed by atoms with E-state index >= 15 is 0 Å². The largest absolute Gasteiger partial charge is 0.313 e. The van der Waals surface area contributed by atoms with Crippen molar-refractivity contribution in [3.63, 3.8) is 0 Å². The number of nitrogens with zero attached hydrogens (tertiary/aromatic N) is 2. The number of alkyl halides is 1. The number of aromatic nitrogens is 2. The van der Waals surface area contributed by atoms with E-state index in [0.717, 1.165) is 13.0 Å². The third-order valence-electron chi connectivity index (χ3n) is 2.55. The standard InChI is InChI=1S/C11H20IN3/c1-9(2)11(6-12)13-5-4-10-7-14-15(3)8-10/h7-9,11,13H,4-6H2,1-3H3. The third-order valence-corrected chi connectivity index (χ3v) is 3.50. The number of nitrogens with one attached hydrogen (secondary N) is 1. The Morgan fingerprint density at radius 2 is 2.27 bits per heavy atom. The zero-order chi connectivity index (χ0) is 11.3. The lowest BCUT2D eigenvalue weighted by molar-refractivity contribution is 0.440. The van der Waals surface area contributed by atoms with E-state index in [0.29, 0.717) is 12.0 Å². The Morgan fingerprint density at radius 1 is 1.53 bits per heavy atom. The van der Waals surface area contributed by atoms with Crippen molar-refractivity contribution in [2.24, 2.45) is 13.0 Å². The van der Waals surface area contributed by atoms with Gasteiger partial charge in [0.2, 0.25) is 0 Å². The Balaban J connectivity index is 2.26. The first-order valence-electron chi connectivity index (χ1n) is 5.40. The van der Waals surface area contributed by atoms with E-state index in [4.69, 9.17) is 0 Å². The number of rotatable bonds is 6. The number of aryl methyl sites for hydroxylation is 1. The Bertz CT molecular complexity index is 283. The number of hydrogen-bond acceptors (Lipinski definition) is 2. The van der Waals surface area contributed by atoms with Gasteiger partial charge in [-0.3, -0.25) is 4.68 Å². The Kier molecular flexibility index (Phi) is 5.60. The van der Waals surface area contributed by atoms with Crippen molar-refractivity contribution >= 4 is 22.6 Å². The van der Waals surface area contributed by atoms with E-state index in [1.54, 1.807) is 0 Å². The van der Waals surface area contributed by atoms with Crippen LogP contribution < -0.4 is 5.32 Å². The summed E-state index contributed by atoms with van der Waals surface area (Å²) < 4.78 is 3.02. The molecule has 0 spiro atoms. The van der Waals surface area contributed by atoms with Crippen LogP contribution in [0.4, 0.5) is 0 Å². The second-order valence-corrected chi connectivity index (χ2v) is 5.11. The molecule has 0 amide bonds. The lowest BCUT2D eigenvalue weighted by Crippen LogP contribution is -2.36. The van der Waals surface area contributed by atoms with Crippen LogP contribution in [0.1, 0.15) is 19.4 Å². The quantitative estimate of drug-likeness (QED) is 0.642. The van der Waals surface area contributed by atoms with E-state index in [9.17, 15) is 0 Å². The molecule has 1 N–H and O–H groups in total. The van der Waals surface area contributed by atoms with Crippen molar-refractivity contribution in [3.05, 3.63) is 18.0 Å². The summed E-state index contributed by atoms with van der Waals surface area (Å²) >= 11 is 2.44. The highest BCUT2D eigenvalue weighted by Gasteiger charge is 2.10. The van der Waals surface area contributed by atoms with Crippen molar-refractivity contribution < 1.29 is 0 Å². The van der Waals surface area contributed by atoms with E-state index in [-0.39, 0.29) is 0 Å². The van der Waals surface area contributed by atoms with Gasteiger partial charge in [-0.05, 0) is 24.4 Å². The molecule has 1 aromatic rings. The maximum atomic E-state index is 4.16.